The largest absolute Gasteiger partial charge is 0.497 e. The molecule has 0 saturated heterocycles. The molecular formula is C20H26O3. The molecule has 0 aliphatic carbocycles. The van der Waals surface area contributed by atoms with Gasteiger partial charge in [-0.25, -0.2) is 0 Å². The summed E-state index contributed by atoms with van der Waals surface area (Å²) < 4.78 is 10.5. The lowest BCUT2D eigenvalue weighted by molar-refractivity contribution is 0.187. The van der Waals surface area contributed by atoms with Crippen LogP contribution in [0.1, 0.15) is 30.9 Å². The summed E-state index contributed by atoms with van der Waals surface area (Å²) in [5, 5.41) is 9.57. The standard InChI is InChI=1S/C20H26O3/c1-14(13-21)15(2)20(16-5-9-18(22-3)10-6-16)17-7-11-19(23-4)12-8-17/h5-12,14-15,20-21H,13H2,1-4H3/t14-,15+/m0/s1. The lowest BCUT2D eigenvalue weighted by Gasteiger charge is -2.29. The Morgan fingerprint density at radius 3 is 1.48 bits per heavy atom. The Kier molecular flexibility index (Phi) is 6.05. The SMILES string of the molecule is COc1ccc(C(c2ccc(OC)cc2)[C@H](C)[C@@H](C)CO)cc1. The molecule has 0 aliphatic heterocycles. The van der Waals surface area contributed by atoms with Gasteiger partial charge in [0, 0.05) is 12.5 Å². The maximum absolute atomic E-state index is 9.57. The van der Waals surface area contributed by atoms with Gasteiger partial charge in [-0.05, 0) is 47.2 Å². The van der Waals surface area contributed by atoms with E-state index in [0.29, 0.717) is 5.92 Å². The molecule has 0 aromatic heterocycles. The maximum Gasteiger partial charge on any atom is 0.118 e. The van der Waals surface area contributed by atoms with Gasteiger partial charge >= 0.3 is 0 Å². The molecule has 3 heteroatoms. The van der Waals surface area contributed by atoms with Gasteiger partial charge in [-0.2, -0.15) is 0 Å². The highest BCUT2D eigenvalue weighted by atomic mass is 16.5. The molecule has 0 saturated carbocycles. The number of benzene rings is 2. The molecule has 0 amide bonds. The number of aliphatic hydroxyl groups is 1. The van der Waals surface area contributed by atoms with E-state index in [1.54, 1.807) is 14.2 Å². The molecule has 2 aromatic rings. The minimum absolute atomic E-state index is 0.185. The lowest BCUT2D eigenvalue weighted by Crippen LogP contribution is -2.21. The van der Waals surface area contributed by atoms with E-state index in [9.17, 15) is 5.11 Å². The molecule has 0 aliphatic rings. The van der Waals surface area contributed by atoms with Crippen LogP contribution in [0.5, 0.6) is 11.5 Å². The monoisotopic (exact) mass is 314 g/mol. The maximum atomic E-state index is 9.57. The van der Waals surface area contributed by atoms with Gasteiger partial charge in [0.1, 0.15) is 11.5 Å². The van der Waals surface area contributed by atoms with Crippen LogP contribution in [0.25, 0.3) is 0 Å². The van der Waals surface area contributed by atoms with Crippen molar-refractivity contribution in [1.82, 2.24) is 0 Å². The molecule has 23 heavy (non-hydrogen) atoms. The van der Waals surface area contributed by atoms with E-state index in [2.05, 4.69) is 38.1 Å². The second kappa shape index (κ2) is 8.02. The van der Waals surface area contributed by atoms with Crippen LogP contribution in [0.2, 0.25) is 0 Å². The van der Waals surface area contributed by atoms with E-state index in [1.807, 2.05) is 24.3 Å². The van der Waals surface area contributed by atoms with Crippen LogP contribution in [0.3, 0.4) is 0 Å². The van der Waals surface area contributed by atoms with E-state index in [4.69, 9.17) is 9.47 Å². The van der Waals surface area contributed by atoms with Gasteiger partial charge in [0.25, 0.3) is 0 Å². The van der Waals surface area contributed by atoms with E-state index >= 15 is 0 Å². The van der Waals surface area contributed by atoms with Crippen molar-refractivity contribution in [3.05, 3.63) is 59.7 Å². The summed E-state index contributed by atoms with van der Waals surface area (Å²) >= 11 is 0. The van der Waals surface area contributed by atoms with Crippen LogP contribution < -0.4 is 9.47 Å². The van der Waals surface area contributed by atoms with Crippen molar-refractivity contribution < 1.29 is 14.6 Å². The summed E-state index contributed by atoms with van der Waals surface area (Å²) in [5.41, 5.74) is 2.45. The Morgan fingerprint density at radius 1 is 0.783 bits per heavy atom. The van der Waals surface area contributed by atoms with Gasteiger partial charge in [-0.3, -0.25) is 0 Å². The van der Waals surface area contributed by atoms with Gasteiger partial charge in [0.2, 0.25) is 0 Å². The highest BCUT2D eigenvalue weighted by Gasteiger charge is 2.25. The van der Waals surface area contributed by atoms with Crippen molar-refractivity contribution in [2.24, 2.45) is 11.8 Å². The van der Waals surface area contributed by atoms with Crippen LogP contribution >= 0.6 is 0 Å². The van der Waals surface area contributed by atoms with Crippen LogP contribution in [0.4, 0.5) is 0 Å². The highest BCUT2D eigenvalue weighted by molar-refractivity contribution is 5.39. The van der Waals surface area contributed by atoms with Crippen molar-refractivity contribution >= 4 is 0 Å². The van der Waals surface area contributed by atoms with Gasteiger partial charge in [-0.15, -0.1) is 0 Å². The fourth-order valence-electron chi connectivity index (χ4n) is 2.92. The number of methoxy groups -OCH3 is 2. The van der Waals surface area contributed by atoms with Gasteiger partial charge < -0.3 is 14.6 Å². The third-order valence-electron chi connectivity index (χ3n) is 4.66. The molecule has 0 heterocycles. The Morgan fingerprint density at radius 2 is 1.17 bits per heavy atom. The molecule has 124 valence electrons. The van der Waals surface area contributed by atoms with Crippen LogP contribution in [-0.4, -0.2) is 25.9 Å². The zero-order valence-electron chi connectivity index (χ0n) is 14.3. The molecule has 0 spiro atoms. The molecule has 2 rings (SSSR count). The summed E-state index contributed by atoms with van der Waals surface area (Å²) in [4.78, 5) is 0. The summed E-state index contributed by atoms with van der Waals surface area (Å²) in [7, 11) is 3.35. The van der Waals surface area contributed by atoms with Crippen molar-refractivity contribution in [2.45, 2.75) is 19.8 Å². The van der Waals surface area contributed by atoms with Crippen LogP contribution in [0, 0.1) is 11.8 Å². The van der Waals surface area contributed by atoms with E-state index in [-0.39, 0.29) is 18.4 Å². The number of rotatable bonds is 7. The minimum Gasteiger partial charge on any atom is -0.497 e. The number of hydrogen-bond acceptors (Lipinski definition) is 3. The zero-order valence-corrected chi connectivity index (χ0v) is 14.3. The third-order valence-corrected chi connectivity index (χ3v) is 4.66. The van der Waals surface area contributed by atoms with Crippen molar-refractivity contribution in [3.8, 4) is 11.5 Å². The second-order valence-electron chi connectivity index (χ2n) is 6.04. The second-order valence-corrected chi connectivity index (χ2v) is 6.04. The summed E-state index contributed by atoms with van der Waals surface area (Å²) in [6.45, 7) is 4.47. The molecule has 3 nitrogen and oxygen atoms in total. The van der Waals surface area contributed by atoms with E-state index in [0.717, 1.165) is 11.5 Å². The van der Waals surface area contributed by atoms with E-state index in [1.165, 1.54) is 11.1 Å². The summed E-state index contributed by atoms with van der Waals surface area (Å²) in [6, 6.07) is 16.4. The first-order valence-corrected chi connectivity index (χ1v) is 7.99. The van der Waals surface area contributed by atoms with Crippen LogP contribution in [-0.2, 0) is 0 Å². The molecule has 0 radical (unpaired) electrons. The molecule has 1 N–H and O–H groups in total. The van der Waals surface area contributed by atoms with Crippen LogP contribution in [0.15, 0.2) is 48.5 Å². The van der Waals surface area contributed by atoms with Crippen molar-refractivity contribution in [2.75, 3.05) is 20.8 Å². The summed E-state index contributed by atoms with van der Waals surface area (Å²) in [5.74, 6) is 2.44. The number of ether oxygens (including phenoxy) is 2. The molecule has 0 bridgehead atoms. The van der Waals surface area contributed by atoms with Gasteiger partial charge in [0.05, 0.1) is 14.2 Å². The molecule has 0 unspecified atom stereocenters. The number of aliphatic hydroxyl groups excluding tert-OH is 1. The lowest BCUT2D eigenvalue weighted by atomic mass is 9.76. The molecule has 0 fully saturated rings. The van der Waals surface area contributed by atoms with Gasteiger partial charge in [-0.1, -0.05) is 38.1 Å². The predicted octanol–water partition coefficient (Wildman–Crippen LogP) is 4.10. The Hall–Kier alpha value is -2.00. The first-order chi connectivity index (χ1) is 11.1. The summed E-state index contributed by atoms with van der Waals surface area (Å²) in [6.07, 6.45) is 0. The Balaban J connectivity index is 2.40. The Labute approximate surface area is 138 Å². The first kappa shape index (κ1) is 17.4. The number of hydrogen-bond donors (Lipinski definition) is 1. The topological polar surface area (TPSA) is 38.7 Å². The average Bonchev–Trinajstić information content (AvgIpc) is 2.62. The Bertz CT molecular complexity index is 542. The smallest absolute Gasteiger partial charge is 0.118 e. The normalized spacial score (nSPS) is 13.7. The fourth-order valence-corrected chi connectivity index (χ4v) is 2.92. The third kappa shape index (κ3) is 4.05. The average molecular weight is 314 g/mol. The highest BCUT2D eigenvalue weighted by Crippen LogP contribution is 2.37. The zero-order chi connectivity index (χ0) is 16.8. The minimum atomic E-state index is 0.185. The fraction of sp³-hybridized carbons (Fsp3) is 0.400. The molecular weight excluding hydrogens is 288 g/mol. The predicted molar refractivity (Wildman–Crippen MR) is 93.2 cm³/mol. The van der Waals surface area contributed by atoms with E-state index < -0.39 is 0 Å². The van der Waals surface area contributed by atoms with Crippen molar-refractivity contribution in [3.63, 3.8) is 0 Å². The molecule has 2 atom stereocenters. The van der Waals surface area contributed by atoms with Gasteiger partial charge in [0.15, 0.2) is 0 Å². The first-order valence-electron chi connectivity index (χ1n) is 7.99. The molecule has 2 aromatic carbocycles. The quantitative estimate of drug-likeness (QED) is 0.836. The van der Waals surface area contributed by atoms with Crippen molar-refractivity contribution in [1.29, 1.82) is 0 Å².